The Labute approximate surface area is 187 Å². The number of thioether (sulfide) groups is 2. The highest BCUT2D eigenvalue weighted by Gasteiger charge is 2.21. The zero-order valence-electron chi connectivity index (χ0n) is 17.4. The van der Waals surface area contributed by atoms with Crippen molar-refractivity contribution in [1.82, 2.24) is 5.32 Å². The third-order valence-corrected chi connectivity index (χ3v) is 6.59. The van der Waals surface area contributed by atoms with Crippen LogP contribution in [-0.2, 0) is 11.2 Å². The number of hydrogen-bond donors (Lipinski definition) is 2. The van der Waals surface area contributed by atoms with Crippen LogP contribution in [0.3, 0.4) is 0 Å². The highest BCUT2D eigenvalue weighted by Crippen LogP contribution is 2.25. The van der Waals surface area contributed by atoms with E-state index in [9.17, 15) is 9.59 Å². The molecular weight excluding hydrogens is 418 g/mol. The molecule has 0 saturated heterocycles. The zero-order chi connectivity index (χ0) is 21.8. The second-order valence-corrected chi connectivity index (χ2v) is 9.12. The molecule has 2 aromatic carbocycles. The molecule has 0 aromatic heterocycles. The Morgan fingerprint density at radius 1 is 1.10 bits per heavy atom. The van der Waals surface area contributed by atoms with Crippen molar-refractivity contribution in [2.75, 3.05) is 20.0 Å². The van der Waals surface area contributed by atoms with Crippen LogP contribution in [-0.4, -0.2) is 46.7 Å². The molecule has 0 spiro atoms. The van der Waals surface area contributed by atoms with Crippen molar-refractivity contribution in [3.05, 3.63) is 65.7 Å². The first-order valence-corrected chi connectivity index (χ1v) is 12.0. The van der Waals surface area contributed by atoms with E-state index < -0.39 is 0 Å². The third-order valence-electron chi connectivity index (χ3n) is 4.55. The number of aliphatic hydroxyl groups excluding tert-OH is 1. The summed E-state index contributed by atoms with van der Waals surface area (Å²) in [6.45, 7) is 0.106. The average molecular weight is 448 g/mol. The molecule has 0 bridgehead atoms. The van der Waals surface area contributed by atoms with Crippen LogP contribution in [0.1, 0.15) is 35.2 Å². The van der Waals surface area contributed by atoms with Gasteiger partial charge in [-0.05, 0) is 43.2 Å². The Morgan fingerprint density at radius 2 is 1.80 bits per heavy atom. The van der Waals surface area contributed by atoms with Gasteiger partial charge in [0, 0.05) is 23.8 Å². The normalized spacial score (nSPS) is 12.8. The lowest BCUT2D eigenvalue weighted by Gasteiger charge is -2.19. The van der Waals surface area contributed by atoms with Crippen LogP contribution in [0.15, 0.2) is 54.6 Å². The molecule has 0 aliphatic carbocycles. The fourth-order valence-corrected chi connectivity index (χ4v) is 4.68. The van der Waals surface area contributed by atoms with Gasteiger partial charge in [-0.3, -0.25) is 9.59 Å². The number of methoxy groups -OCH3 is 1. The molecule has 162 valence electrons. The van der Waals surface area contributed by atoms with Crippen LogP contribution in [0.4, 0.5) is 0 Å². The average Bonchev–Trinajstić information content (AvgIpc) is 2.77. The first-order valence-electron chi connectivity index (χ1n) is 9.87. The van der Waals surface area contributed by atoms with Gasteiger partial charge in [0.05, 0.1) is 12.5 Å². The SMILES string of the molecule is COc1ccc(CC(CC(=O)NC(CCCO)SC)SC(=O)c2ccccc2)cc1. The van der Waals surface area contributed by atoms with Crippen molar-refractivity contribution in [3.63, 3.8) is 0 Å². The van der Waals surface area contributed by atoms with Crippen molar-refractivity contribution in [2.24, 2.45) is 0 Å². The van der Waals surface area contributed by atoms with Gasteiger partial charge < -0.3 is 15.2 Å². The molecule has 5 nitrogen and oxygen atoms in total. The zero-order valence-corrected chi connectivity index (χ0v) is 19.0. The summed E-state index contributed by atoms with van der Waals surface area (Å²) < 4.78 is 5.21. The summed E-state index contributed by atoms with van der Waals surface area (Å²) in [5.74, 6) is 0.687. The maximum absolute atomic E-state index is 12.7. The monoisotopic (exact) mass is 447 g/mol. The fraction of sp³-hybridized carbons (Fsp3) is 0.391. The van der Waals surface area contributed by atoms with Crippen LogP contribution in [0.2, 0.25) is 0 Å². The van der Waals surface area contributed by atoms with Crippen LogP contribution in [0.5, 0.6) is 5.75 Å². The molecule has 0 saturated carbocycles. The van der Waals surface area contributed by atoms with E-state index in [2.05, 4.69) is 5.32 Å². The van der Waals surface area contributed by atoms with Crippen LogP contribution < -0.4 is 10.1 Å². The summed E-state index contributed by atoms with van der Waals surface area (Å²) in [7, 11) is 1.62. The Morgan fingerprint density at radius 3 is 2.40 bits per heavy atom. The van der Waals surface area contributed by atoms with E-state index in [0.717, 1.165) is 11.3 Å². The smallest absolute Gasteiger partial charge is 0.222 e. The van der Waals surface area contributed by atoms with E-state index >= 15 is 0 Å². The summed E-state index contributed by atoms with van der Waals surface area (Å²) in [5.41, 5.74) is 1.68. The molecule has 0 fully saturated rings. The lowest BCUT2D eigenvalue weighted by atomic mass is 10.1. The van der Waals surface area contributed by atoms with E-state index in [-0.39, 0.29) is 34.7 Å². The number of carbonyl (C=O) groups is 2. The Kier molecular flexibility index (Phi) is 10.8. The van der Waals surface area contributed by atoms with Crippen molar-refractivity contribution in [2.45, 2.75) is 36.3 Å². The molecule has 1 amide bonds. The van der Waals surface area contributed by atoms with Gasteiger partial charge in [0.25, 0.3) is 0 Å². The summed E-state index contributed by atoms with van der Waals surface area (Å²) in [4.78, 5) is 25.4. The summed E-state index contributed by atoms with van der Waals surface area (Å²) in [6.07, 6.45) is 4.13. The molecule has 2 atom stereocenters. The standard InChI is InChI=1S/C23H29NO4S2/c1-28-19-12-10-17(11-13-19)15-20(30-23(27)18-7-4-3-5-8-18)16-21(26)24-22(29-2)9-6-14-25/h3-5,7-8,10-13,20,22,25H,6,9,14-16H2,1-2H3,(H,24,26). The number of hydrogen-bond acceptors (Lipinski definition) is 6. The minimum atomic E-state index is -0.188. The maximum Gasteiger partial charge on any atom is 0.222 e. The van der Waals surface area contributed by atoms with E-state index in [0.29, 0.717) is 24.8 Å². The molecule has 2 unspecified atom stereocenters. The van der Waals surface area contributed by atoms with Gasteiger partial charge in [0.1, 0.15) is 5.75 Å². The minimum absolute atomic E-state index is 0.0383. The molecule has 0 heterocycles. The molecule has 7 heteroatoms. The highest BCUT2D eigenvalue weighted by molar-refractivity contribution is 8.14. The second kappa shape index (κ2) is 13.4. The van der Waals surface area contributed by atoms with Crippen molar-refractivity contribution in [3.8, 4) is 5.75 Å². The Bertz CT molecular complexity index is 784. The van der Waals surface area contributed by atoms with E-state index in [1.54, 1.807) is 31.0 Å². The van der Waals surface area contributed by atoms with Crippen molar-refractivity contribution < 1.29 is 19.4 Å². The number of amides is 1. The predicted molar refractivity (Wildman–Crippen MR) is 125 cm³/mol. The minimum Gasteiger partial charge on any atom is -0.497 e. The number of aliphatic hydroxyl groups is 1. The maximum atomic E-state index is 12.7. The van der Waals surface area contributed by atoms with Crippen molar-refractivity contribution in [1.29, 1.82) is 0 Å². The molecule has 30 heavy (non-hydrogen) atoms. The molecule has 2 rings (SSSR count). The van der Waals surface area contributed by atoms with Gasteiger partial charge >= 0.3 is 0 Å². The summed E-state index contributed by atoms with van der Waals surface area (Å²) in [6, 6.07) is 16.8. The first kappa shape index (κ1) is 24.3. The lowest BCUT2D eigenvalue weighted by Crippen LogP contribution is -2.34. The van der Waals surface area contributed by atoms with E-state index in [1.165, 1.54) is 11.8 Å². The first-order chi connectivity index (χ1) is 14.5. The topological polar surface area (TPSA) is 75.6 Å². The van der Waals surface area contributed by atoms with Gasteiger partial charge in [0.15, 0.2) is 0 Å². The summed E-state index contributed by atoms with van der Waals surface area (Å²) in [5, 5.41) is 11.8. The molecule has 0 radical (unpaired) electrons. The van der Waals surface area contributed by atoms with Crippen LogP contribution >= 0.6 is 23.5 Å². The molecule has 2 aromatic rings. The van der Waals surface area contributed by atoms with E-state index in [1.807, 2.05) is 48.7 Å². The van der Waals surface area contributed by atoms with Gasteiger partial charge in [-0.25, -0.2) is 0 Å². The number of carbonyl (C=O) groups excluding carboxylic acids is 2. The quantitative estimate of drug-likeness (QED) is 0.476. The molecule has 0 aliphatic rings. The largest absolute Gasteiger partial charge is 0.497 e. The number of ether oxygens (including phenoxy) is 1. The lowest BCUT2D eigenvalue weighted by molar-refractivity contribution is -0.121. The fourth-order valence-electron chi connectivity index (χ4n) is 2.94. The van der Waals surface area contributed by atoms with E-state index in [4.69, 9.17) is 9.84 Å². The third kappa shape index (κ3) is 8.42. The Balaban J connectivity index is 2.06. The molecule has 0 aliphatic heterocycles. The van der Waals surface area contributed by atoms with Crippen molar-refractivity contribution >= 4 is 34.5 Å². The highest BCUT2D eigenvalue weighted by atomic mass is 32.2. The molecule has 2 N–H and O–H groups in total. The second-order valence-electron chi connectivity index (χ2n) is 6.81. The van der Waals surface area contributed by atoms with Crippen LogP contribution in [0.25, 0.3) is 0 Å². The number of benzene rings is 2. The summed E-state index contributed by atoms with van der Waals surface area (Å²) >= 11 is 2.76. The van der Waals surface area contributed by atoms with Gasteiger partial charge in [-0.1, -0.05) is 54.2 Å². The van der Waals surface area contributed by atoms with Crippen LogP contribution in [0, 0.1) is 0 Å². The Hall–Kier alpha value is -1.96. The number of rotatable bonds is 12. The number of nitrogens with one attached hydrogen (secondary N) is 1. The van der Waals surface area contributed by atoms with Gasteiger partial charge in [0.2, 0.25) is 11.0 Å². The predicted octanol–water partition coefficient (Wildman–Crippen LogP) is 4.15. The van der Waals surface area contributed by atoms with Gasteiger partial charge in [-0.2, -0.15) is 0 Å². The van der Waals surface area contributed by atoms with Gasteiger partial charge in [-0.15, -0.1) is 11.8 Å². The molecular formula is C23H29NO4S2.